The lowest BCUT2D eigenvalue weighted by atomic mass is 10.4. The lowest BCUT2D eigenvalue weighted by Gasteiger charge is -1.96. The fourth-order valence-corrected chi connectivity index (χ4v) is 0.637. The third kappa shape index (κ3) is 2.07. The SMILES string of the molecule is CC(=O)OCc1ncoc1C. The van der Waals surface area contributed by atoms with Gasteiger partial charge in [0, 0.05) is 6.92 Å². The summed E-state index contributed by atoms with van der Waals surface area (Å²) in [6, 6.07) is 0. The Balaban J connectivity index is 2.51. The Hall–Kier alpha value is -1.32. The Kier molecular flexibility index (Phi) is 2.25. The van der Waals surface area contributed by atoms with Crippen LogP contribution in [0.4, 0.5) is 0 Å². The highest BCUT2D eigenvalue weighted by atomic mass is 16.5. The molecule has 0 aliphatic heterocycles. The smallest absolute Gasteiger partial charge is 0.303 e. The molecule has 1 aromatic rings. The van der Waals surface area contributed by atoms with Gasteiger partial charge in [0.25, 0.3) is 0 Å². The summed E-state index contributed by atoms with van der Waals surface area (Å²) in [5.74, 6) is 0.374. The van der Waals surface area contributed by atoms with Crippen molar-refractivity contribution in [1.29, 1.82) is 0 Å². The lowest BCUT2D eigenvalue weighted by molar-refractivity contribution is -0.142. The molecule has 0 fully saturated rings. The minimum atomic E-state index is -0.313. The third-order valence-corrected chi connectivity index (χ3v) is 1.26. The molecule has 0 aromatic carbocycles. The van der Waals surface area contributed by atoms with Crippen LogP contribution >= 0.6 is 0 Å². The molecule has 0 spiro atoms. The third-order valence-electron chi connectivity index (χ3n) is 1.26. The first-order valence-corrected chi connectivity index (χ1v) is 3.22. The van der Waals surface area contributed by atoms with Gasteiger partial charge in [0.1, 0.15) is 18.1 Å². The highest BCUT2D eigenvalue weighted by molar-refractivity contribution is 5.65. The molecule has 0 N–H and O–H groups in total. The Morgan fingerprint density at radius 3 is 3.00 bits per heavy atom. The molecule has 1 heterocycles. The van der Waals surface area contributed by atoms with Gasteiger partial charge in [-0.3, -0.25) is 4.79 Å². The van der Waals surface area contributed by atoms with Crippen molar-refractivity contribution in [3.05, 3.63) is 17.8 Å². The Labute approximate surface area is 64.2 Å². The van der Waals surface area contributed by atoms with Crippen LogP contribution in [0.25, 0.3) is 0 Å². The van der Waals surface area contributed by atoms with Gasteiger partial charge < -0.3 is 9.15 Å². The van der Waals surface area contributed by atoms with Crippen LogP contribution in [0.15, 0.2) is 10.8 Å². The number of hydrogen-bond donors (Lipinski definition) is 0. The number of oxazole rings is 1. The van der Waals surface area contributed by atoms with Crippen LogP contribution in [0.3, 0.4) is 0 Å². The predicted molar refractivity (Wildman–Crippen MR) is 36.7 cm³/mol. The fraction of sp³-hybridized carbons (Fsp3) is 0.429. The molecule has 0 radical (unpaired) electrons. The summed E-state index contributed by atoms with van der Waals surface area (Å²) in [4.78, 5) is 14.2. The monoisotopic (exact) mass is 155 g/mol. The molecule has 4 nitrogen and oxygen atoms in total. The van der Waals surface area contributed by atoms with Crippen molar-refractivity contribution in [2.24, 2.45) is 0 Å². The topological polar surface area (TPSA) is 52.3 Å². The zero-order chi connectivity index (χ0) is 8.27. The maximum absolute atomic E-state index is 10.4. The van der Waals surface area contributed by atoms with E-state index in [4.69, 9.17) is 9.15 Å². The normalized spacial score (nSPS) is 9.64. The molecular formula is C7H9NO3. The van der Waals surface area contributed by atoms with Crippen LogP contribution in [0, 0.1) is 6.92 Å². The second kappa shape index (κ2) is 3.18. The number of hydrogen-bond acceptors (Lipinski definition) is 4. The molecular weight excluding hydrogens is 146 g/mol. The minimum Gasteiger partial charge on any atom is -0.459 e. The van der Waals surface area contributed by atoms with Gasteiger partial charge in [0.05, 0.1) is 0 Å². The van der Waals surface area contributed by atoms with Gasteiger partial charge in [-0.05, 0) is 6.92 Å². The van der Waals surface area contributed by atoms with Gasteiger partial charge in [-0.1, -0.05) is 0 Å². The molecule has 11 heavy (non-hydrogen) atoms. The highest BCUT2D eigenvalue weighted by Crippen LogP contribution is 2.05. The van der Waals surface area contributed by atoms with Gasteiger partial charge in [0.2, 0.25) is 0 Å². The van der Waals surface area contributed by atoms with Crippen LogP contribution in [0.1, 0.15) is 18.4 Å². The minimum absolute atomic E-state index is 0.192. The van der Waals surface area contributed by atoms with Crippen molar-refractivity contribution in [2.75, 3.05) is 0 Å². The largest absolute Gasteiger partial charge is 0.459 e. The van der Waals surface area contributed by atoms with E-state index < -0.39 is 0 Å². The molecule has 0 atom stereocenters. The van der Waals surface area contributed by atoms with E-state index in [0.29, 0.717) is 11.5 Å². The predicted octanol–water partition coefficient (Wildman–Crippen LogP) is 1.05. The summed E-state index contributed by atoms with van der Waals surface area (Å²) in [7, 11) is 0. The van der Waals surface area contributed by atoms with E-state index in [1.165, 1.54) is 13.3 Å². The van der Waals surface area contributed by atoms with Crippen LogP contribution in [-0.2, 0) is 16.1 Å². The van der Waals surface area contributed by atoms with Gasteiger partial charge in [-0.15, -0.1) is 0 Å². The van der Waals surface area contributed by atoms with E-state index >= 15 is 0 Å². The maximum Gasteiger partial charge on any atom is 0.303 e. The van der Waals surface area contributed by atoms with Crippen LogP contribution in [0.5, 0.6) is 0 Å². The van der Waals surface area contributed by atoms with Crippen molar-refractivity contribution < 1.29 is 13.9 Å². The number of rotatable bonds is 2. The van der Waals surface area contributed by atoms with Crippen molar-refractivity contribution in [3.8, 4) is 0 Å². The molecule has 4 heteroatoms. The zero-order valence-corrected chi connectivity index (χ0v) is 6.46. The molecule has 0 amide bonds. The van der Waals surface area contributed by atoms with Crippen molar-refractivity contribution in [2.45, 2.75) is 20.5 Å². The van der Waals surface area contributed by atoms with E-state index in [0.717, 1.165) is 0 Å². The summed E-state index contributed by atoms with van der Waals surface area (Å²) in [5.41, 5.74) is 0.667. The first kappa shape index (κ1) is 7.78. The molecule has 0 aliphatic carbocycles. The Morgan fingerprint density at radius 1 is 1.82 bits per heavy atom. The number of nitrogens with zero attached hydrogens (tertiary/aromatic N) is 1. The molecule has 0 aliphatic rings. The van der Waals surface area contributed by atoms with E-state index in [-0.39, 0.29) is 12.6 Å². The first-order valence-electron chi connectivity index (χ1n) is 3.22. The first-order chi connectivity index (χ1) is 5.20. The molecule has 0 saturated heterocycles. The quantitative estimate of drug-likeness (QED) is 0.599. The van der Waals surface area contributed by atoms with Crippen molar-refractivity contribution >= 4 is 5.97 Å². The Bertz CT molecular complexity index is 254. The molecule has 0 saturated carbocycles. The zero-order valence-electron chi connectivity index (χ0n) is 6.46. The lowest BCUT2D eigenvalue weighted by Crippen LogP contribution is -1.99. The second-order valence-corrected chi connectivity index (χ2v) is 2.14. The fourth-order valence-electron chi connectivity index (χ4n) is 0.637. The van der Waals surface area contributed by atoms with Crippen molar-refractivity contribution in [1.82, 2.24) is 4.98 Å². The van der Waals surface area contributed by atoms with E-state index in [1.54, 1.807) is 6.92 Å². The van der Waals surface area contributed by atoms with E-state index in [9.17, 15) is 4.79 Å². The number of esters is 1. The summed E-state index contributed by atoms with van der Waals surface area (Å²) >= 11 is 0. The number of aromatic nitrogens is 1. The number of carbonyl (C=O) groups is 1. The molecule has 0 bridgehead atoms. The van der Waals surface area contributed by atoms with Crippen molar-refractivity contribution in [3.63, 3.8) is 0 Å². The van der Waals surface area contributed by atoms with E-state index in [1.807, 2.05) is 0 Å². The van der Waals surface area contributed by atoms with Crippen LogP contribution in [-0.4, -0.2) is 11.0 Å². The maximum atomic E-state index is 10.4. The molecule has 60 valence electrons. The average molecular weight is 155 g/mol. The standard InChI is InChI=1S/C7H9NO3/c1-5-7(8-4-11-5)3-10-6(2)9/h4H,3H2,1-2H3. The highest BCUT2D eigenvalue weighted by Gasteiger charge is 2.03. The molecule has 0 unspecified atom stereocenters. The second-order valence-electron chi connectivity index (χ2n) is 2.14. The van der Waals surface area contributed by atoms with Gasteiger partial charge in [0.15, 0.2) is 6.39 Å². The summed E-state index contributed by atoms with van der Waals surface area (Å²) in [6.45, 7) is 3.32. The summed E-state index contributed by atoms with van der Waals surface area (Å²) < 4.78 is 9.60. The summed E-state index contributed by atoms with van der Waals surface area (Å²) in [6.07, 6.45) is 1.33. The van der Waals surface area contributed by atoms with Crippen LogP contribution < -0.4 is 0 Å². The average Bonchev–Trinajstić information content (AvgIpc) is 2.31. The van der Waals surface area contributed by atoms with E-state index in [2.05, 4.69) is 4.98 Å². The Morgan fingerprint density at radius 2 is 2.55 bits per heavy atom. The number of ether oxygens (including phenoxy) is 1. The van der Waals surface area contributed by atoms with Gasteiger partial charge in [-0.2, -0.15) is 0 Å². The molecule has 1 rings (SSSR count). The van der Waals surface area contributed by atoms with Crippen LogP contribution in [0.2, 0.25) is 0 Å². The van der Waals surface area contributed by atoms with Gasteiger partial charge in [-0.25, -0.2) is 4.98 Å². The van der Waals surface area contributed by atoms with Gasteiger partial charge >= 0.3 is 5.97 Å². The number of carbonyl (C=O) groups excluding carboxylic acids is 1. The number of aryl methyl sites for hydroxylation is 1. The summed E-state index contributed by atoms with van der Waals surface area (Å²) in [5, 5.41) is 0. The molecule has 1 aromatic heterocycles.